The fourth-order valence-electron chi connectivity index (χ4n) is 3.52. The second-order valence-corrected chi connectivity index (χ2v) is 7.46. The molecule has 142 valence electrons. The largest absolute Gasteiger partial charge is 0.339 e. The van der Waals surface area contributed by atoms with Crippen LogP contribution in [-0.2, 0) is 11.2 Å². The van der Waals surface area contributed by atoms with E-state index < -0.39 is 0 Å². The van der Waals surface area contributed by atoms with E-state index in [1.54, 1.807) is 11.0 Å². The van der Waals surface area contributed by atoms with E-state index in [1.165, 1.54) is 0 Å². The number of carbonyl (C=O) groups excluding carboxylic acids is 2. The Hall–Kier alpha value is -2.90. The van der Waals surface area contributed by atoms with Crippen LogP contribution in [0, 0.1) is 0 Å². The van der Waals surface area contributed by atoms with E-state index in [0.717, 1.165) is 24.1 Å². The summed E-state index contributed by atoms with van der Waals surface area (Å²) >= 11 is 0. The standard InChI is InChI=1S/C19H23N5O3/c1-11(2)17-22-18(27-23-17)12-4-3-7-24(10-12)19(26)20-14-5-6-15-13(8-14)9-16(25)21-15/h5-6,8,11-12H,3-4,7,9-10H2,1-2H3,(H,20,26)(H,21,25). The van der Waals surface area contributed by atoms with E-state index in [2.05, 4.69) is 20.8 Å². The summed E-state index contributed by atoms with van der Waals surface area (Å²) in [6, 6.07) is 5.32. The van der Waals surface area contributed by atoms with Gasteiger partial charge in [0, 0.05) is 30.4 Å². The minimum atomic E-state index is -0.152. The van der Waals surface area contributed by atoms with Crippen LogP contribution in [0.2, 0.25) is 0 Å². The second-order valence-electron chi connectivity index (χ2n) is 7.46. The average Bonchev–Trinajstić information content (AvgIpc) is 3.27. The van der Waals surface area contributed by atoms with Crippen molar-refractivity contribution in [3.63, 3.8) is 0 Å². The number of benzene rings is 1. The number of fused-ring (bicyclic) bond motifs is 1. The Morgan fingerprint density at radius 3 is 3.04 bits per heavy atom. The Morgan fingerprint density at radius 2 is 2.26 bits per heavy atom. The van der Waals surface area contributed by atoms with Gasteiger partial charge >= 0.3 is 6.03 Å². The number of aromatic nitrogens is 2. The van der Waals surface area contributed by atoms with Gasteiger partial charge in [-0.3, -0.25) is 4.79 Å². The highest BCUT2D eigenvalue weighted by Gasteiger charge is 2.29. The molecule has 4 rings (SSSR count). The van der Waals surface area contributed by atoms with E-state index in [4.69, 9.17) is 4.52 Å². The molecule has 3 heterocycles. The highest BCUT2D eigenvalue weighted by molar-refractivity contribution is 6.00. The summed E-state index contributed by atoms with van der Waals surface area (Å²) in [4.78, 5) is 30.4. The van der Waals surface area contributed by atoms with Crippen LogP contribution in [0.3, 0.4) is 0 Å². The highest BCUT2D eigenvalue weighted by Crippen LogP contribution is 2.29. The minimum Gasteiger partial charge on any atom is -0.339 e. The van der Waals surface area contributed by atoms with Crippen LogP contribution in [0.5, 0.6) is 0 Å². The maximum atomic E-state index is 12.7. The van der Waals surface area contributed by atoms with Gasteiger partial charge in [0.2, 0.25) is 11.8 Å². The molecule has 1 fully saturated rings. The summed E-state index contributed by atoms with van der Waals surface area (Å²) in [7, 11) is 0. The van der Waals surface area contributed by atoms with Crippen molar-refractivity contribution in [2.24, 2.45) is 0 Å². The number of nitrogens with one attached hydrogen (secondary N) is 2. The number of hydrogen-bond acceptors (Lipinski definition) is 5. The van der Waals surface area contributed by atoms with E-state index >= 15 is 0 Å². The number of urea groups is 1. The first-order valence-corrected chi connectivity index (χ1v) is 9.32. The van der Waals surface area contributed by atoms with Crippen LogP contribution in [-0.4, -0.2) is 40.1 Å². The smallest absolute Gasteiger partial charge is 0.321 e. The summed E-state index contributed by atoms with van der Waals surface area (Å²) in [5.74, 6) is 1.57. The molecule has 0 aliphatic carbocycles. The molecular weight excluding hydrogens is 346 g/mol. The molecule has 8 nitrogen and oxygen atoms in total. The van der Waals surface area contributed by atoms with Gasteiger partial charge in [0.1, 0.15) is 0 Å². The van der Waals surface area contributed by atoms with Crippen molar-refractivity contribution in [1.82, 2.24) is 15.0 Å². The number of rotatable bonds is 3. The molecule has 0 spiro atoms. The van der Waals surface area contributed by atoms with Gasteiger partial charge in [0.25, 0.3) is 0 Å². The van der Waals surface area contributed by atoms with E-state index in [-0.39, 0.29) is 23.8 Å². The Balaban J connectivity index is 1.41. The van der Waals surface area contributed by atoms with Gasteiger partial charge in [-0.1, -0.05) is 19.0 Å². The number of anilines is 2. The van der Waals surface area contributed by atoms with Crippen LogP contribution in [0.25, 0.3) is 0 Å². The Bertz CT molecular complexity index is 876. The lowest BCUT2D eigenvalue weighted by Gasteiger charge is -2.31. The Labute approximate surface area is 157 Å². The van der Waals surface area contributed by atoms with Crippen molar-refractivity contribution in [2.45, 2.75) is 44.9 Å². The average molecular weight is 369 g/mol. The third-order valence-electron chi connectivity index (χ3n) is 5.01. The number of carbonyl (C=O) groups is 2. The molecule has 3 amide bonds. The quantitative estimate of drug-likeness (QED) is 0.866. The third kappa shape index (κ3) is 3.65. The first-order valence-electron chi connectivity index (χ1n) is 9.32. The number of piperidine rings is 1. The maximum Gasteiger partial charge on any atom is 0.321 e. The molecule has 8 heteroatoms. The van der Waals surface area contributed by atoms with Gasteiger partial charge in [-0.15, -0.1) is 0 Å². The molecule has 1 unspecified atom stereocenters. The molecule has 1 aromatic carbocycles. The number of amides is 3. The molecule has 0 bridgehead atoms. The van der Waals surface area contributed by atoms with Gasteiger partial charge < -0.3 is 20.1 Å². The Morgan fingerprint density at radius 1 is 1.41 bits per heavy atom. The number of likely N-dealkylation sites (tertiary alicyclic amines) is 1. The summed E-state index contributed by atoms with van der Waals surface area (Å²) in [5, 5.41) is 9.75. The van der Waals surface area contributed by atoms with Crippen LogP contribution in [0.15, 0.2) is 22.7 Å². The first kappa shape index (κ1) is 17.5. The van der Waals surface area contributed by atoms with Gasteiger partial charge in [-0.2, -0.15) is 4.98 Å². The lowest BCUT2D eigenvalue weighted by Crippen LogP contribution is -2.41. The first-order chi connectivity index (χ1) is 13.0. The zero-order valence-corrected chi connectivity index (χ0v) is 15.5. The van der Waals surface area contributed by atoms with Gasteiger partial charge in [-0.25, -0.2) is 4.79 Å². The van der Waals surface area contributed by atoms with E-state index in [0.29, 0.717) is 36.9 Å². The molecule has 0 radical (unpaired) electrons. The van der Waals surface area contributed by atoms with Crippen molar-refractivity contribution in [3.05, 3.63) is 35.5 Å². The molecule has 0 saturated carbocycles. The third-order valence-corrected chi connectivity index (χ3v) is 5.01. The summed E-state index contributed by atoms with van der Waals surface area (Å²) in [6.07, 6.45) is 2.16. The van der Waals surface area contributed by atoms with Crippen molar-refractivity contribution in [1.29, 1.82) is 0 Å². The van der Waals surface area contributed by atoms with Crippen LogP contribution < -0.4 is 10.6 Å². The zero-order valence-electron chi connectivity index (χ0n) is 15.5. The van der Waals surface area contributed by atoms with Crippen molar-refractivity contribution >= 4 is 23.3 Å². The number of nitrogens with zero attached hydrogens (tertiary/aromatic N) is 3. The topological polar surface area (TPSA) is 100 Å². The predicted octanol–water partition coefficient (Wildman–Crippen LogP) is 3.10. The molecule has 1 aromatic heterocycles. The normalized spacial score (nSPS) is 19.1. The molecule has 2 N–H and O–H groups in total. The summed E-state index contributed by atoms with van der Waals surface area (Å²) in [6.45, 7) is 5.29. The summed E-state index contributed by atoms with van der Waals surface area (Å²) in [5.41, 5.74) is 2.41. The fourth-order valence-corrected chi connectivity index (χ4v) is 3.52. The predicted molar refractivity (Wildman–Crippen MR) is 99.7 cm³/mol. The van der Waals surface area contributed by atoms with Crippen molar-refractivity contribution in [3.8, 4) is 0 Å². The lowest BCUT2D eigenvalue weighted by molar-refractivity contribution is -0.115. The molecular formula is C19H23N5O3. The van der Waals surface area contributed by atoms with Crippen molar-refractivity contribution in [2.75, 3.05) is 23.7 Å². The maximum absolute atomic E-state index is 12.7. The van der Waals surface area contributed by atoms with E-state index in [1.807, 2.05) is 26.0 Å². The summed E-state index contributed by atoms with van der Waals surface area (Å²) < 4.78 is 5.41. The van der Waals surface area contributed by atoms with Crippen LogP contribution in [0.1, 0.15) is 55.8 Å². The number of hydrogen-bond donors (Lipinski definition) is 2. The van der Waals surface area contributed by atoms with Crippen LogP contribution >= 0.6 is 0 Å². The molecule has 1 atom stereocenters. The zero-order chi connectivity index (χ0) is 19.0. The van der Waals surface area contributed by atoms with Gasteiger partial charge in [0.15, 0.2) is 5.82 Å². The fraction of sp³-hybridized carbons (Fsp3) is 0.474. The minimum absolute atomic E-state index is 0.0207. The molecule has 2 aromatic rings. The second kappa shape index (κ2) is 7.02. The van der Waals surface area contributed by atoms with E-state index in [9.17, 15) is 9.59 Å². The highest BCUT2D eigenvalue weighted by atomic mass is 16.5. The molecule has 2 aliphatic heterocycles. The molecule has 1 saturated heterocycles. The molecule has 2 aliphatic rings. The van der Waals surface area contributed by atoms with Crippen LogP contribution in [0.4, 0.5) is 16.2 Å². The lowest BCUT2D eigenvalue weighted by atomic mass is 9.98. The SMILES string of the molecule is CC(C)c1noc(C2CCCN(C(=O)Nc3ccc4c(c3)CC(=O)N4)C2)n1. The van der Waals surface area contributed by atoms with Gasteiger partial charge in [0.05, 0.1) is 12.3 Å². The molecule has 27 heavy (non-hydrogen) atoms. The van der Waals surface area contributed by atoms with Crippen molar-refractivity contribution < 1.29 is 14.1 Å². The van der Waals surface area contributed by atoms with Gasteiger partial charge in [-0.05, 0) is 36.6 Å². The Kier molecular flexibility index (Phi) is 4.55. The monoisotopic (exact) mass is 369 g/mol.